The van der Waals surface area contributed by atoms with Crippen LogP contribution in [-0.2, 0) is 0 Å². The third kappa shape index (κ3) is 5.25. The molecule has 3 aromatic rings. The van der Waals surface area contributed by atoms with Gasteiger partial charge in [0.05, 0.1) is 12.2 Å². The molecule has 3 heterocycles. The van der Waals surface area contributed by atoms with Crippen molar-refractivity contribution in [3.05, 3.63) is 41.7 Å². The summed E-state index contributed by atoms with van der Waals surface area (Å²) in [6.45, 7) is 8.69. The Morgan fingerprint density at radius 3 is 2.61 bits per heavy atom. The van der Waals surface area contributed by atoms with E-state index in [-0.39, 0.29) is 28.6 Å². The van der Waals surface area contributed by atoms with Crippen molar-refractivity contribution in [2.75, 3.05) is 38.2 Å². The van der Waals surface area contributed by atoms with Crippen LogP contribution in [0.25, 0.3) is 22.0 Å². The predicted molar refractivity (Wildman–Crippen MR) is 160 cm³/mol. The van der Waals surface area contributed by atoms with Crippen LogP contribution in [0.3, 0.4) is 0 Å². The fourth-order valence-electron chi connectivity index (χ4n) is 7.71. The Bertz CT molecular complexity index is 1440. The van der Waals surface area contributed by atoms with Crippen molar-refractivity contribution in [2.24, 2.45) is 5.41 Å². The molecule has 8 heteroatoms. The van der Waals surface area contributed by atoms with Crippen LogP contribution in [0.1, 0.15) is 77.2 Å². The van der Waals surface area contributed by atoms with Gasteiger partial charge >= 0.3 is 6.01 Å². The lowest BCUT2D eigenvalue weighted by Crippen LogP contribution is -2.50. The monoisotopic (exact) mass is 562 g/mol. The van der Waals surface area contributed by atoms with Crippen LogP contribution in [0.2, 0.25) is 0 Å². The lowest BCUT2D eigenvalue weighted by atomic mass is 9.76. The molecule has 2 saturated heterocycles. The van der Waals surface area contributed by atoms with E-state index in [1.807, 2.05) is 24.0 Å². The highest BCUT2D eigenvalue weighted by molar-refractivity contribution is 5.94. The van der Waals surface area contributed by atoms with E-state index in [1.54, 1.807) is 18.2 Å². The first kappa shape index (κ1) is 28.2. The van der Waals surface area contributed by atoms with Crippen LogP contribution in [0.15, 0.2) is 30.3 Å². The first-order valence-electron chi connectivity index (χ1n) is 15.2. The molecule has 2 N–H and O–H groups in total. The van der Waals surface area contributed by atoms with E-state index < -0.39 is 11.4 Å². The number of likely N-dealkylation sites (tertiary alicyclic amines) is 1. The summed E-state index contributed by atoms with van der Waals surface area (Å²) in [5.41, 5.74) is 1.40. The molecule has 7 nitrogen and oxygen atoms in total. The zero-order valence-electron chi connectivity index (χ0n) is 24.8. The van der Waals surface area contributed by atoms with Crippen molar-refractivity contribution < 1.29 is 19.3 Å². The van der Waals surface area contributed by atoms with Crippen LogP contribution in [0.5, 0.6) is 11.8 Å². The number of ether oxygens (including phenoxy) is 1. The molecular weight excluding hydrogens is 519 g/mol. The average Bonchev–Trinajstić information content (AvgIpc) is 3.37. The van der Waals surface area contributed by atoms with Gasteiger partial charge in [0.2, 0.25) is 0 Å². The van der Waals surface area contributed by atoms with E-state index in [0.29, 0.717) is 54.5 Å². The van der Waals surface area contributed by atoms with E-state index in [9.17, 15) is 10.2 Å². The van der Waals surface area contributed by atoms with Gasteiger partial charge in [-0.15, -0.1) is 0 Å². The number of phenolic OH excluding ortho intramolecular Hbond substituents is 1. The number of benzene rings is 2. The molecule has 2 aromatic carbocycles. The lowest BCUT2D eigenvalue weighted by molar-refractivity contribution is 0.0132. The average molecular weight is 563 g/mol. The van der Waals surface area contributed by atoms with Crippen LogP contribution < -0.4 is 9.64 Å². The minimum atomic E-state index is -0.856. The Balaban J connectivity index is 1.45. The topological polar surface area (TPSA) is 82.0 Å². The van der Waals surface area contributed by atoms with Gasteiger partial charge in [0.25, 0.3) is 0 Å². The van der Waals surface area contributed by atoms with Gasteiger partial charge in [-0.2, -0.15) is 9.97 Å². The number of phenols is 1. The van der Waals surface area contributed by atoms with Gasteiger partial charge in [-0.3, -0.25) is 0 Å². The number of rotatable bonds is 6. The zero-order chi connectivity index (χ0) is 28.9. The maximum atomic E-state index is 16.6. The number of aromatic hydroxyl groups is 1. The quantitative estimate of drug-likeness (QED) is 0.367. The maximum Gasteiger partial charge on any atom is 0.319 e. The number of nitrogens with zero attached hydrogens (tertiary/aromatic N) is 4. The molecule has 3 unspecified atom stereocenters. The molecule has 0 radical (unpaired) electrons. The van der Waals surface area contributed by atoms with Crippen LogP contribution in [-0.4, -0.2) is 70.0 Å². The molecule has 3 atom stereocenters. The summed E-state index contributed by atoms with van der Waals surface area (Å²) in [4.78, 5) is 14.1. The number of aromatic nitrogens is 2. The molecule has 2 aliphatic heterocycles. The Labute approximate surface area is 242 Å². The van der Waals surface area contributed by atoms with Gasteiger partial charge in [-0.05, 0) is 94.3 Å². The molecular formula is C33H43FN4O3. The third-order valence-corrected chi connectivity index (χ3v) is 9.75. The van der Waals surface area contributed by atoms with Crippen LogP contribution >= 0.6 is 0 Å². The SMILES string of the molecule is CC(C)c1ccc(O)cc1-c1ccc2c(N3CCCC(C)(O)C3)nc(OCC34CCCC3N(C)CCC4)nc2c1F. The fraction of sp³-hybridized carbons (Fsp3) is 0.576. The van der Waals surface area contributed by atoms with E-state index in [1.165, 1.54) is 12.8 Å². The number of halogens is 1. The van der Waals surface area contributed by atoms with Crippen molar-refractivity contribution in [3.8, 4) is 22.9 Å². The molecule has 1 aliphatic carbocycles. The molecule has 41 heavy (non-hydrogen) atoms. The Morgan fingerprint density at radius 2 is 1.83 bits per heavy atom. The molecule has 1 saturated carbocycles. The van der Waals surface area contributed by atoms with Crippen molar-refractivity contribution in [1.29, 1.82) is 0 Å². The van der Waals surface area contributed by atoms with Crippen molar-refractivity contribution in [1.82, 2.24) is 14.9 Å². The van der Waals surface area contributed by atoms with Gasteiger partial charge in [0, 0.05) is 35.5 Å². The first-order valence-corrected chi connectivity index (χ1v) is 15.2. The molecule has 0 spiro atoms. The predicted octanol–water partition coefficient (Wildman–Crippen LogP) is 6.26. The second-order valence-electron chi connectivity index (χ2n) is 13.2. The van der Waals surface area contributed by atoms with Gasteiger partial charge in [-0.1, -0.05) is 32.4 Å². The molecule has 3 fully saturated rings. The second kappa shape index (κ2) is 10.7. The minimum absolute atomic E-state index is 0.0639. The second-order valence-corrected chi connectivity index (χ2v) is 13.2. The molecule has 3 aliphatic rings. The van der Waals surface area contributed by atoms with E-state index in [0.717, 1.165) is 37.8 Å². The van der Waals surface area contributed by atoms with Crippen molar-refractivity contribution in [3.63, 3.8) is 0 Å². The fourth-order valence-corrected chi connectivity index (χ4v) is 7.71. The van der Waals surface area contributed by atoms with Crippen molar-refractivity contribution >= 4 is 16.7 Å². The number of hydrogen-bond donors (Lipinski definition) is 2. The summed E-state index contributed by atoms with van der Waals surface area (Å²) in [6, 6.07) is 9.41. The molecule has 0 bridgehead atoms. The summed E-state index contributed by atoms with van der Waals surface area (Å²) < 4.78 is 23.0. The number of aliphatic hydroxyl groups is 1. The molecule has 220 valence electrons. The number of β-amino-alcohol motifs (C(OH)–C–C–N with tert-alkyl or cyclic N) is 1. The van der Waals surface area contributed by atoms with Crippen LogP contribution in [0, 0.1) is 11.2 Å². The standard InChI is InChI=1S/C33H43FN4O3/c1-21(2)23-10-9-22(39)18-26(23)24-11-12-25-29(28(24)34)35-31(36-30(25)38-17-6-13-32(3,40)19-38)41-20-33-14-5-8-27(33)37(4)16-7-15-33/h9-12,18,21,27,39-40H,5-8,13-17,19-20H2,1-4H3. The molecule has 6 rings (SSSR count). The summed E-state index contributed by atoms with van der Waals surface area (Å²) in [6.07, 6.45) is 7.26. The Morgan fingerprint density at radius 1 is 1.05 bits per heavy atom. The Hall–Kier alpha value is -2.97. The normalized spacial score (nSPS) is 27.0. The van der Waals surface area contributed by atoms with E-state index >= 15 is 4.39 Å². The lowest BCUT2D eigenvalue weighted by Gasteiger charge is -2.44. The third-order valence-electron chi connectivity index (χ3n) is 9.75. The zero-order valence-corrected chi connectivity index (χ0v) is 24.8. The highest BCUT2D eigenvalue weighted by Crippen LogP contribution is 2.47. The van der Waals surface area contributed by atoms with Gasteiger partial charge < -0.3 is 24.7 Å². The van der Waals surface area contributed by atoms with E-state index in [4.69, 9.17) is 14.7 Å². The highest BCUT2D eigenvalue weighted by atomic mass is 19.1. The van der Waals surface area contributed by atoms with Gasteiger partial charge in [0.15, 0.2) is 5.82 Å². The van der Waals surface area contributed by atoms with E-state index in [2.05, 4.69) is 25.8 Å². The molecule has 1 aromatic heterocycles. The number of fused-ring (bicyclic) bond motifs is 2. The minimum Gasteiger partial charge on any atom is -0.508 e. The number of anilines is 1. The Kier molecular flexibility index (Phi) is 7.35. The largest absolute Gasteiger partial charge is 0.508 e. The van der Waals surface area contributed by atoms with Gasteiger partial charge in [-0.25, -0.2) is 4.39 Å². The summed E-state index contributed by atoms with van der Waals surface area (Å²) in [5, 5.41) is 21.8. The first-order chi connectivity index (χ1) is 19.6. The van der Waals surface area contributed by atoms with Crippen molar-refractivity contribution in [2.45, 2.75) is 83.3 Å². The number of hydrogen-bond acceptors (Lipinski definition) is 7. The van der Waals surface area contributed by atoms with Gasteiger partial charge in [0.1, 0.15) is 17.1 Å². The summed E-state index contributed by atoms with van der Waals surface area (Å²) >= 11 is 0. The number of piperidine rings is 2. The van der Waals surface area contributed by atoms with Crippen LogP contribution in [0.4, 0.5) is 10.2 Å². The highest BCUT2D eigenvalue weighted by Gasteiger charge is 2.47. The smallest absolute Gasteiger partial charge is 0.319 e. The molecule has 0 amide bonds. The summed E-state index contributed by atoms with van der Waals surface area (Å²) in [7, 11) is 2.21. The maximum absolute atomic E-state index is 16.6. The summed E-state index contributed by atoms with van der Waals surface area (Å²) in [5.74, 6) is 0.372.